The predicted octanol–water partition coefficient (Wildman–Crippen LogP) is 1.40. The van der Waals surface area contributed by atoms with Crippen molar-refractivity contribution < 1.29 is 13.0 Å². The highest BCUT2D eigenvalue weighted by Crippen LogP contribution is 2.21. The highest BCUT2D eigenvalue weighted by atomic mass is 79.9. The van der Waals surface area contributed by atoms with Crippen LogP contribution in [-0.2, 0) is 10.1 Å². The van der Waals surface area contributed by atoms with Crippen molar-refractivity contribution in [1.29, 1.82) is 0 Å². The van der Waals surface area contributed by atoms with Crippen LogP contribution in [0.5, 0.6) is 0 Å². The molecule has 0 aromatic carbocycles. The standard InChI is InChI=1S/C6H6BrNO3S/c1-4-2-3-8-6(7)5(4)12(9,10)11/h2-3H,1H3,(H,9,10,11). The van der Waals surface area contributed by atoms with Crippen molar-refractivity contribution in [3.63, 3.8) is 0 Å². The van der Waals surface area contributed by atoms with Crippen molar-refractivity contribution in [1.82, 2.24) is 4.98 Å². The molecule has 1 rings (SSSR count). The van der Waals surface area contributed by atoms with Crippen LogP contribution in [0.25, 0.3) is 0 Å². The van der Waals surface area contributed by atoms with Gasteiger partial charge in [0.15, 0.2) is 0 Å². The molecule has 0 spiro atoms. The van der Waals surface area contributed by atoms with Crippen LogP contribution < -0.4 is 0 Å². The zero-order valence-corrected chi connectivity index (χ0v) is 8.55. The first kappa shape index (κ1) is 9.63. The highest BCUT2D eigenvalue weighted by Gasteiger charge is 2.17. The summed E-state index contributed by atoms with van der Waals surface area (Å²) in [6.45, 7) is 1.58. The van der Waals surface area contributed by atoms with Gasteiger partial charge >= 0.3 is 0 Å². The summed E-state index contributed by atoms with van der Waals surface area (Å²) in [5.74, 6) is 0. The number of halogens is 1. The van der Waals surface area contributed by atoms with Crippen molar-refractivity contribution in [3.05, 3.63) is 22.4 Å². The molecule has 0 saturated carbocycles. The molecule has 4 nitrogen and oxygen atoms in total. The average molecular weight is 252 g/mol. The molecule has 1 aromatic rings. The Hall–Kier alpha value is -0.460. The van der Waals surface area contributed by atoms with Crippen LogP contribution in [0.3, 0.4) is 0 Å². The number of aromatic nitrogens is 1. The van der Waals surface area contributed by atoms with Crippen molar-refractivity contribution in [2.75, 3.05) is 0 Å². The first-order valence-corrected chi connectivity index (χ1v) is 5.25. The van der Waals surface area contributed by atoms with E-state index in [1.165, 1.54) is 12.3 Å². The third-order valence-corrected chi connectivity index (χ3v) is 3.21. The van der Waals surface area contributed by atoms with E-state index in [-0.39, 0.29) is 9.50 Å². The molecule has 0 saturated heterocycles. The molecule has 0 radical (unpaired) electrons. The second-order valence-corrected chi connectivity index (χ2v) is 4.33. The molecule has 0 bridgehead atoms. The number of rotatable bonds is 1. The van der Waals surface area contributed by atoms with Gasteiger partial charge in [-0.05, 0) is 34.5 Å². The average Bonchev–Trinajstić information content (AvgIpc) is 1.82. The van der Waals surface area contributed by atoms with Crippen LogP contribution in [-0.4, -0.2) is 18.0 Å². The Bertz CT molecular complexity index is 381. The topological polar surface area (TPSA) is 67.3 Å². The Balaban J connectivity index is 3.53. The first-order chi connectivity index (χ1) is 5.43. The molecule has 0 aliphatic heterocycles. The molecule has 0 amide bonds. The van der Waals surface area contributed by atoms with Gasteiger partial charge in [-0.2, -0.15) is 8.42 Å². The molecular formula is C6H6BrNO3S. The van der Waals surface area contributed by atoms with Gasteiger partial charge in [-0.3, -0.25) is 4.55 Å². The van der Waals surface area contributed by atoms with Crippen LogP contribution in [0.2, 0.25) is 0 Å². The van der Waals surface area contributed by atoms with Crippen LogP contribution in [0.4, 0.5) is 0 Å². The van der Waals surface area contributed by atoms with Gasteiger partial charge in [0.2, 0.25) is 0 Å². The first-order valence-electron chi connectivity index (χ1n) is 3.01. The predicted molar refractivity (Wildman–Crippen MR) is 46.5 cm³/mol. The summed E-state index contributed by atoms with van der Waals surface area (Å²) < 4.78 is 30.4. The molecule has 6 heteroatoms. The molecule has 0 fully saturated rings. The Morgan fingerprint density at radius 3 is 2.50 bits per heavy atom. The molecular weight excluding hydrogens is 246 g/mol. The quantitative estimate of drug-likeness (QED) is 0.606. The monoisotopic (exact) mass is 251 g/mol. The Morgan fingerprint density at radius 1 is 1.58 bits per heavy atom. The van der Waals surface area contributed by atoms with Gasteiger partial charge in [0.25, 0.3) is 10.1 Å². The fraction of sp³-hybridized carbons (Fsp3) is 0.167. The summed E-state index contributed by atoms with van der Waals surface area (Å²) in [4.78, 5) is 3.51. The van der Waals surface area contributed by atoms with Gasteiger partial charge in [-0.1, -0.05) is 0 Å². The van der Waals surface area contributed by atoms with Gasteiger partial charge in [0.05, 0.1) is 0 Å². The third-order valence-electron chi connectivity index (χ3n) is 1.32. The van der Waals surface area contributed by atoms with Gasteiger partial charge in [-0.15, -0.1) is 0 Å². The lowest BCUT2D eigenvalue weighted by atomic mass is 10.3. The van der Waals surface area contributed by atoms with Crippen molar-refractivity contribution in [3.8, 4) is 0 Å². The number of nitrogens with zero attached hydrogens (tertiary/aromatic N) is 1. The second-order valence-electron chi connectivity index (χ2n) is 2.22. The number of pyridine rings is 1. The van der Waals surface area contributed by atoms with E-state index < -0.39 is 10.1 Å². The zero-order chi connectivity index (χ0) is 9.35. The van der Waals surface area contributed by atoms with Gasteiger partial charge in [0.1, 0.15) is 9.50 Å². The van der Waals surface area contributed by atoms with Crippen LogP contribution in [0, 0.1) is 6.92 Å². The zero-order valence-electron chi connectivity index (χ0n) is 6.15. The largest absolute Gasteiger partial charge is 0.297 e. The van der Waals surface area contributed by atoms with Crippen LogP contribution in [0.15, 0.2) is 21.8 Å². The van der Waals surface area contributed by atoms with E-state index in [1.807, 2.05) is 0 Å². The summed E-state index contributed by atoms with van der Waals surface area (Å²) in [6, 6.07) is 1.51. The maximum Gasteiger partial charge on any atom is 0.297 e. The fourth-order valence-corrected chi connectivity index (χ4v) is 2.61. The molecule has 1 N–H and O–H groups in total. The summed E-state index contributed by atoms with van der Waals surface area (Å²) in [7, 11) is -4.17. The molecule has 0 unspecified atom stereocenters. The molecule has 66 valence electrons. The summed E-state index contributed by atoms with van der Waals surface area (Å²) >= 11 is 2.93. The molecule has 1 aromatic heterocycles. The van der Waals surface area contributed by atoms with Gasteiger partial charge in [-0.25, -0.2) is 4.98 Å². The Morgan fingerprint density at radius 2 is 2.17 bits per heavy atom. The molecule has 12 heavy (non-hydrogen) atoms. The van der Waals surface area contributed by atoms with Gasteiger partial charge in [0, 0.05) is 6.20 Å². The molecule has 0 aliphatic rings. The number of hydrogen-bond donors (Lipinski definition) is 1. The summed E-state index contributed by atoms with van der Waals surface area (Å²) in [5.41, 5.74) is 0.458. The lowest BCUT2D eigenvalue weighted by Crippen LogP contribution is -2.02. The number of hydrogen-bond acceptors (Lipinski definition) is 3. The van der Waals surface area contributed by atoms with Crippen molar-refractivity contribution >= 4 is 26.0 Å². The minimum Gasteiger partial charge on any atom is -0.282 e. The van der Waals surface area contributed by atoms with E-state index in [4.69, 9.17) is 4.55 Å². The Labute approximate surface area is 78.5 Å². The normalized spacial score (nSPS) is 11.6. The SMILES string of the molecule is Cc1ccnc(Br)c1S(=O)(=O)O. The highest BCUT2D eigenvalue weighted by molar-refractivity contribution is 9.10. The summed E-state index contributed by atoms with van der Waals surface area (Å²) in [5, 5.41) is 0. The summed E-state index contributed by atoms with van der Waals surface area (Å²) in [6.07, 6.45) is 1.45. The fourth-order valence-electron chi connectivity index (χ4n) is 0.821. The maximum absolute atomic E-state index is 10.8. The number of aryl methyl sites for hydroxylation is 1. The van der Waals surface area contributed by atoms with E-state index in [0.29, 0.717) is 5.56 Å². The van der Waals surface area contributed by atoms with E-state index in [0.717, 1.165) is 0 Å². The molecule has 1 heterocycles. The van der Waals surface area contributed by atoms with E-state index in [1.54, 1.807) is 6.92 Å². The third kappa shape index (κ3) is 1.82. The van der Waals surface area contributed by atoms with Crippen LogP contribution in [0.1, 0.15) is 5.56 Å². The maximum atomic E-state index is 10.8. The molecule has 0 aliphatic carbocycles. The lowest BCUT2D eigenvalue weighted by Gasteiger charge is -2.02. The lowest BCUT2D eigenvalue weighted by molar-refractivity contribution is 0.481. The van der Waals surface area contributed by atoms with Crippen molar-refractivity contribution in [2.45, 2.75) is 11.8 Å². The smallest absolute Gasteiger partial charge is 0.282 e. The second kappa shape index (κ2) is 3.12. The van der Waals surface area contributed by atoms with Gasteiger partial charge < -0.3 is 0 Å². The van der Waals surface area contributed by atoms with Crippen molar-refractivity contribution in [2.24, 2.45) is 0 Å². The van der Waals surface area contributed by atoms with E-state index in [9.17, 15) is 8.42 Å². The Kier molecular flexibility index (Phi) is 2.50. The van der Waals surface area contributed by atoms with Crippen LogP contribution >= 0.6 is 15.9 Å². The minimum absolute atomic E-state index is 0.130. The van der Waals surface area contributed by atoms with E-state index >= 15 is 0 Å². The van der Waals surface area contributed by atoms with E-state index in [2.05, 4.69) is 20.9 Å². The minimum atomic E-state index is -4.17. The molecule has 0 atom stereocenters.